The van der Waals surface area contributed by atoms with Gasteiger partial charge < -0.3 is 19.7 Å². The quantitative estimate of drug-likeness (QED) is 0.105. The van der Waals surface area contributed by atoms with E-state index in [1.807, 2.05) is 6.92 Å². The summed E-state index contributed by atoms with van der Waals surface area (Å²) in [6, 6.07) is 3.25. The molecule has 0 aliphatic heterocycles. The zero-order valence-electron chi connectivity index (χ0n) is 19.8. The van der Waals surface area contributed by atoms with Gasteiger partial charge in [0.05, 0.1) is 10.0 Å². The first kappa shape index (κ1) is 30.4. The van der Waals surface area contributed by atoms with Crippen molar-refractivity contribution < 1.29 is 33.8 Å². The van der Waals surface area contributed by atoms with Crippen LogP contribution in [0.15, 0.2) is 18.2 Å². The molecule has 0 aliphatic carbocycles. The van der Waals surface area contributed by atoms with Crippen LogP contribution in [0.25, 0.3) is 0 Å². The van der Waals surface area contributed by atoms with Crippen LogP contribution in [0, 0.1) is 10.1 Å². The number of carbonyl (C=O) groups excluding carboxylic acids is 3. The summed E-state index contributed by atoms with van der Waals surface area (Å²) in [5.74, 6) is -1.75. The smallest absolute Gasteiger partial charge is 0.307 e. The molecule has 1 aromatic carbocycles. The Morgan fingerprint density at radius 3 is 2.49 bits per heavy atom. The van der Waals surface area contributed by atoms with Gasteiger partial charge in [-0.1, -0.05) is 43.0 Å². The first-order valence-corrected chi connectivity index (χ1v) is 11.9. The molecule has 2 amide bonds. The third-order valence-corrected chi connectivity index (χ3v) is 5.66. The fraction of sp³-hybridized carbons (Fsp3) is 0.591. The lowest BCUT2D eigenvalue weighted by atomic mass is 10.1. The van der Waals surface area contributed by atoms with E-state index in [2.05, 4.69) is 14.9 Å². The number of amides is 2. The Bertz CT molecular complexity index is 846. The van der Waals surface area contributed by atoms with Crippen LogP contribution in [0.3, 0.4) is 0 Å². The molecule has 1 N–H and O–H groups in total. The summed E-state index contributed by atoms with van der Waals surface area (Å²) in [6.07, 6.45) is 2.91. The van der Waals surface area contributed by atoms with Gasteiger partial charge in [-0.25, -0.2) is 0 Å². The third-order valence-electron chi connectivity index (χ3n) is 4.92. The molecule has 0 fully saturated rings. The standard InChI is InChI=1S/C22H31Cl2N3O8/c1-3-4-5-11-26(12-6-13-33-2)22(30)19(9-10-20(28)34-15-35-27(31)32)25-21(29)16-7-8-17(23)18(24)14-16/h7-8,14,19H,3-6,9-13,15H2,1-2H3,(H,25,29). The van der Waals surface area contributed by atoms with Gasteiger partial charge in [0.2, 0.25) is 12.7 Å². The molecule has 0 bridgehead atoms. The summed E-state index contributed by atoms with van der Waals surface area (Å²) in [4.78, 5) is 54.0. The molecule has 1 unspecified atom stereocenters. The lowest BCUT2D eigenvalue weighted by molar-refractivity contribution is -0.765. The van der Waals surface area contributed by atoms with Crippen molar-refractivity contribution in [2.24, 2.45) is 0 Å². The molecule has 1 atom stereocenters. The molecule has 0 radical (unpaired) electrons. The number of nitrogens with one attached hydrogen (secondary N) is 1. The van der Waals surface area contributed by atoms with Gasteiger partial charge in [-0.2, -0.15) is 0 Å². The fourth-order valence-corrected chi connectivity index (χ4v) is 3.41. The second-order valence-electron chi connectivity index (χ2n) is 7.56. The van der Waals surface area contributed by atoms with E-state index in [-0.39, 0.29) is 34.4 Å². The number of methoxy groups -OCH3 is 1. The molecule has 1 aromatic rings. The van der Waals surface area contributed by atoms with E-state index >= 15 is 0 Å². The molecule has 0 aromatic heterocycles. The second kappa shape index (κ2) is 16.9. The Labute approximate surface area is 214 Å². The predicted molar refractivity (Wildman–Crippen MR) is 129 cm³/mol. The highest BCUT2D eigenvalue weighted by molar-refractivity contribution is 6.42. The van der Waals surface area contributed by atoms with Gasteiger partial charge in [0, 0.05) is 38.8 Å². The van der Waals surface area contributed by atoms with E-state index in [1.165, 1.54) is 18.2 Å². The van der Waals surface area contributed by atoms with Gasteiger partial charge in [0.15, 0.2) is 0 Å². The number of hydrogen-bond donors (Lipinski definition) is 1. The number of halogens is 2. The number of carbonyl (C=O) groups is 3. The Hall–Kier alpha value is -2.63. The van der Waals surface area contributed by atoms with Gasteiger partial charge in [0.1, 0.15) is 6.04 Å². The number of esters is 1. The normalized spacial score (nSPS) is 11.4. The Morgan fingerprint density at radius 2 is 1.86 bits per heavy atom. The summed E-state index contributed by atoms with van der Waals surface area (Å²) < 4.78 is 9.71. The second-order valence-corrected chi connectivity index (χ2v) is 8.37. The molecule has 0 spiro atoms. The largest absolute Gasteiger partial charge is 0.438 e. The number of ether oxygens (including phenoxy) is 2. The van der Waals surface area contributed by atoms with Crippen molar-refractivity contribution in [3.05, 3.63) is 43.9 Å². The van der Waals surface area contributed by atoms with Crippen molar-refractivity contribution in [2.45, 2.75) is 51.5 Å². The summed E-state index contributed by atoms with van der Waals surface area (Å²) >= 11 is 11.9. The van der Waals surface area contributed by atoms with Crippen molar-refractivity contribution in [2.75, 3.05) is 33.6 Å². The molecule has 0 saturated heterocycles. The lowest BCUT2D eigenvalue weighted by Gasteiger charge is -2.28. The van der Waals surface area contributed by atoms with Crippen LogP contribution < -0.4 is 5.32 Å². The van der Waals surface area contributed by atoms with Gasteiger partial charge in [-0.3, -0.25) is 19.2 Å². The number of hydrogen-bond acceptors (Lipinski definition) is 8. The molecular weight excluding hydrogens is 505 g/mol. The molecular formula is C22H31Cl2N3O8. The minimum Gasteiger partial charge on any atom is -0.438 e. The molecule has 196 valence electrons. The lowest BCUT2D eigenvalue weighted by Crippen LogP contribution is -2.49. The molecule has 0 aliphatic rings. The maximum absolute atomic E-state index is 13.4. The molecule has 0 heterocycles. The third kappa shape index (κ3) is 12.1. The van der Waals surface area contributed by atoms with E-state index in [4.69, 9.17) is 27.9 Å². The number of rotatable bonds is 17. The zero-order valence-corrected chi connectivity index (χ0v) is 21.3. The van der Waals surface area contributed by atoms with Crippen LogP contribution in [0.5, 0.6) is 0 Å². The van der Waals surface area contributed by atoms with E-state index < -0.39 is 29.8 Å². The summed E-state index contributed by atoms with van der Waals surface area (Å²) in [7, 11) is 1.57. The van der Waals surface area contributed by atoms with E-state index in [1.54, 1.807) is 12.0 Å². The van der Waals surface area contributed by atoms with Crippen molar-refractivity contribution in [1.29, 1.82) is 0 Å². The minimum atomic E-state index is -1.09. The molecule has 0 saturated carbocycles. The van der Waals surface area contributed by atoms with E-state index in [9.17, 15) is 24.5 Å². The van der Waals surface area contributed by atoms with Crippen LogP contribution in [0.4, 0.5) is 0 Å². The predicted octanol–water partition coefficient (Wildman–Crippen LogP) is 3.64. The van der Waals surface area contributed by atoms with Gasteiger partial charge in [-0.15, -0.1) is 10.1 Å². The Morgan fingerprint density at radius 1 is 1.14 bits per heavy atom. The maximum atomic E-state index is 13.4. The first-order chi connectivity index (χ1) is 16.7. The molecule has 13 heteroatoms. The van der Waals surface area contributed by atoms with Crippen LogP contribution in [0.1, 0.15) is 55.8 Å². The minimum absolute atomic E-state index is 0.0856. The fourth-order valence-electron chi connectivity index (χ4n) is 3.11. The highest BCUT2D eigenvalue weighted by Crippen LogP contribution is 2.22. The summed E-state index contributed by atoms with van der Waals surface area (Å²) in [5, 5.41) is 12.2. The van der Waals surface area contributed by atoms with Crippen molar-refractivity contribution in [1.82, 2.24) is 10.2 Å². The molecule has 35 heavy (non-hydrogen) atoms. The zero-order chi connectivity index (χ0) is 26.2. The van der Waals surface area contributed by atoms with E-state index in [0.717, 1.165) is 19.3 Å². The maximum Gasteiger partial charge on any atom is 0.307 e. The van der Waals surface area contributed by atoms with Crippen LogP contribution in [0.2, 0.25) is 10.0 Å². The summed E-state index contributed by atoms with van der Waals surface area (Å²) in [5.41, 5.74) is 0.191. The highest BCUT2D eigenvalue weighted by atomic mass is 35.5. The first-order valence-electron chi connectivity index (χ1n) is 11.2. The topological polar surface area (TPSA) is 137 Å². The van der Waals surface area contributed by atoms with Crippen molar-refractivity contribution >= 4 is 41.0 Å². The summed E-state index contributed by atoms with van der Waals surface area (Å²) in [6.45, 7) is 2.54. The number of benzene rings is 1. The Kier molecular flexibility index (Phi) is 14.7. The van der Waals surface area contributed by atoms with Gasteiger partial charge >= 0.3 is 5.97 Å². The number of unbranched alkanes of at least 4 members (excludes halogenated alkanes) is 2. The van der Waals surface area contributed by atoms with Crippen molar-refractivity contribution in [3.63, 3.8) is 0 Å². The molecule has 11 nitrogen and oxygen atoms in total. The van der Waals surface area contributed by atoms with Gasteiger partial charge in [-0.05, 0) is 37.5 Å². The van der Waals surface area contributed by atoms with Crippen LogP contribution in [-0.2, 0) is 23.9 Å². The van der Waals surface area contributed by atoms with Crippen LogP contribution >= 0.6 is 23.2 Å². The van der Waals surface area contributed by atoms with Crippen LogP contribution in [-0.4, -0.2) is 67.4 Å². The van der Waals surface area contributed by atoms with Gasteiger partial charge in [0.25, 0.3) is 11.0 Å². The molecule has 1 rings (SSSR count). The average molecular weight is 536 g/mol. The number of nitrogens with zero attached hydrogens (tertiary/aromatic N) is 2. The highest BCUT2D eigenvalue weighted by Gasteiger charge is 2.27. The SMILES string of the molecule is CCCCCN(CCCOC)C(=O)C(CCC(=O)OCO[N+](=O)[O-])NC(=O)c1ccc(Cl)c(Cl)c1. The van der Waals surface area contributed by atoms with Crippen molar-refractivity contribution in [3.8, 4) is 0 Å². The Balaban J connectivity index is 2.98. The average Bonchev–Trinajstić information content (AvgIpc) is 2.81. The monoisotopic (exact) mass is 535 g/mol. The van der Waals surface area contributed by atoms with E-state index in [0.29, 0.717) is 26.1 Å².